The molecule has 0 N–H and O–H groups in total. The molecular formula is C24H22O6. The van der Waals surface area contributed by atoms with Gasteiger partial charge >= 0.3 is 11.9 Å². The maximum absolute atomic E-state index is 12.5. The lowest BCUT2D eigenvalue weighted by Gasteiger charge is -2.25. The van der Waals surface area contributed by atoms with Gasteiger partial charge in [0, 0.05) is 6.42 Å². The zero-order valence-electron chi connectivity index (χ0n) is 16.8. The molecule has 30 heavy (non-hydrogen) atoms. The normalized spacial score (nSPS) is 21.6. The minimum atomic E-state index is -1.05. The molecule has 2 heterocycles. The van der Waals surface area contributed by atoms with Gasteiger partial charge in [0.1, 0.15) is 24.1 Å². The van der Waals surface area contributed by atoms with E-state index in [1.165, 1.54) is 14.2 Å². The Hall–Kier alpha value is -3.38. The Balaban J connectivity index is 1.53. The van der Waals surface area contributed by atoms with E-state index in [-0.39, 0.29) is 11.1 Å². The van der Waals surface area contributed by atoms with Crippen LogP contribution in [0.3, 0.4) is 0 Å². The number of ether oxygens (including phenoxy) is 4. The lowest BCUT2D eigenvalue weighted by Crippen LogP contribution is -2.34. The summed E-state index contributed by atoms with van der Waals surface area (Å²) in [4.78, 5) is 24.7. The van der Waals surface area contributed by atoms with Gasteiger partial charge in [-0.3, -0.25) is 0 Å². The molecule has 2 aliphatic rings. The van der Waals surface area contributed by atoms with Gasteiger partial charge in [-0.1, -0.05) is 48.5 Å². The van der Waals surface area contributed by atoms with Gasteiger partial charge in [-0.05, 0) is 29.3 Å². The van der Waals surface area contributed by atoms with Crippen molar-refractivity contribution in [2.45, 2.75) is 24.7 Å². The first kappa shape index (κ1) is 19.9. The Labute approximate surface area is 174 Å². The molecule has 4 rings (SSSR count). The van der Waals surface area contributed by atoms with Crippen LogP contribution in [0.4, 0.5) is 0 Å². The van der Waals surface area contributed by atoms with Crippen LogP contribution in [-0.4, -0.2) is 37.9 Å². The molecule has 6 nitrogen and oxygen atoms in total. The van der Waals surface area contributed by atoms with E-state index in [4.69, 9.17) is 18.9 Å². The number of rotatable bonds is 7. The molecule has 0 aromatic heterocycles. The predicted octanol–water partition coefficient (Wildman–Crippen LogP) is 3.16. The van der Waals surface area contributed by atoms with Crippen molar-refractivity contribution in [1.82, 2.24) is 0 Å². The molecule has 0 aliphatic carbocycles. The van der Waals surface area contributed by atoms with Gasteiger partial charge in [-0.25, -0.2) is 9.59 Å². The molecule has 0 fully saturated rings. The molecular weight excluding hydrogens is 384 g/mol. The number of methoxy groups -OCH3 is 2. The Kier molecular flexibility index (Phi) is 5.42. The van der Waals surface area contributed by atoms with Crippen molar-refractivity contribution < 1.29 is 28.5 Å². The van der Waals surface area contributed by atoms with E-state index in [2.05, 4.69) is 0 Å². The molecule has 0 saturated carbocycles. The second kappa shape index (κ2) is 8.16. The molecule has 0 amide bonds. The Bertz CT molecular complexity index is 1010. The number of fused-ring (bicyclic) bond motifs is 2. The molecule has 2 aliphatic heterocycles. The highest BCUT2D eigenvalue weighted by atomic mass is 16.6. The monoisotopic (exact) mass is 406 g/mol. The van der Waals surface area contributed by atoms with E-state index in [0.717, 1.165) is 16.9 Å². The van der Waals surface area contributed by atoms with Gasteiger partial charge in [-0.15, -0.1) is 0 Å². The summed E-state index contributed by atoms with van der Waals surface area (Å²) in [5.41, 5.74) is 1.38. The van der Waals surface area contributed by atoms with Crippen molar-refractivity contribution in [3.05, 3.63) is 89.0 Å². The van der Waals surface area contributed by atoms with E-state index >= 15 is 0 Å². The first-order valence-electron chi connectivity index (χ1n) is 9.60. The highest BCUT2D eigenvalue weighted by Crippen LogP contribution is 2.46. The Morgan fingerprint density at radius 3 is 2.30 bits per heavy atom. The third kappa shape index (κ3) is 3.62. The fourth-order valence-electron chi connectivity index (χ4n) is 3.87. The zero-order chi connectivity index (χ0) is 21.1. The van der Waals surface area contributed by atoms with Crippen LogP contribution in [0.15, 0.2) is 77.9 Å². The second-order valence-electron chi connectivity index (χ2n) is 7.15. The largest absolute Gasteiger partial charge is 0.489 e. The highest BCUT2D eigenvalue weighted by molar-refractivity contribution is 6.05. The molecule has 154 valence electrons. The average Bonchev–Trinajstić information content (AvgIpc) is 3.34. The summed E-state index contributed by atoms with van der Waals surface area (Å²) in [6.45, 7) is 0.482. The van der Waals surface area contributed by atoms with Crippen LogP contribution in [0, 0.1) is 0 Å². The summed E-state index contributed by atoms with van der Waals surface area (Å²) in [6, 6.07) is 17.5. The van der Waals surface area contributed by atoms with Crippen LogP contribution in [0.25, 0.3) is 0 Å². The van der Waals surface area contributed by atoms with Gasteiger partial charge in [-0.2, -0.15) is 0 Å². The number of carbonyl (C=O) groups is 2. The summed E-state index contributed by atoms with van der Waals surface area (Å²) in [5.74, 6) is -0.437. The molecule has 0 saturated heterocycles. The quantitative estimate of drug-likeness (QED) is 0.520. The molecule has 0 spiro atoms. The summed E-state index contributed by atoms with van der Waals surface area (Å²) >= 11 is 0. The molecule has 6 heteroatoms. The summed E-state index contributed by atoms with van der Waals surface area (Å²) in [6.07, 6.45) is 3.36. The van der Waals surface area contributed by atoms with Gasteiger partial charge < -0.3 is 18.9 Å². The van der Waals surface area contributed by atoms with Crippen LogP contribution in [0.5, 0.6) is 5.75 Å². The lowest BCUT2D eigenvalue weighted by atomic mass is 9.82. The predicted molar refractivity (Wildman–Crippen MR) is 109 cm³/mol. The van der Waals surface area contributed by atoms with Crippen LogP contribution in [0.1, 0.15) is 11.1 Å². The van der Waals surface area contributed by atoms with Crippen molar-refractivity contribution in [2.75, 3.05) is 14.2 Å². The van der Waals surface area contributed by atoms with Crippen molar-refractivity contribution in [2.24, 2.45) is 0 Å². The fourth-order valence-corrected chi connectivity index (χ4v) is 3.87. The summed E-state index contributed by atoms with van der Waals surface area (Å²) in [7, 11) is 2.56. The van der Waals surface area contributed by atoms with Gasteiger partial charge in [0.2, 0.25) is 0 Å². The maximum atomic E-state index is 12.5. The number of hydrogen-bond donors (Lipinski definition) is 0. The third-order valence-electron chi connectivity index (χ3n) is 5.29. The van der Waals surface area contributed by atoms with E-state index in [0.29, 0.717) is 13.0 Å². The smallest absolute Gasteiger partial charge is 0.337 e. The van der Waals surface area contributed by atoms with Crippen molar-refractivity contribution >= 4 is 11.9 Å². The molecule has 2 aromatic carbocycles. The number of carbonyl (C=O) groups excluding carboxylic acids is 2. The minimum absolute atomic E-state index is 0.203. The van der Waals surface area contributed by atoms with E-state index in [9.17, 15) is 9.59 Å². The Morgan fingerprint density at radius 1 is 0.933 bits per heavy atom. The zero-order valence-corrected chi connectivity index (χ0v) is 16.8. The van der Waals surface area contributed by atoms with Crippen molar-refractivity contribution in [3.8, 4) is 5.75 Å². The van der Waals surface area contributed by atoms with Gasteiger partial charge in [0.15, 0.2) is 0 Å². The first-order chi connectivity index (χ1) is 14.6. The van der Waals surface area contributed by atoms with Crippen molar-refractivity contribution in [1.29, 1.82) is 0 Å². The standard InChI is InChI=1S/C24H22O6/c1-27-22(25)20-19-12-13-24(30-19,21(20)23(26)28-2)14-16-8-10-18(11-9-16)29-15-17-6-4-3-5-7-17/h3-13,19H,14-15H2,1-2H3. The SMILES string of the molecule is COC(=O)C1=C(C(=O)OC)C2(Cc3ccc(OCc4ccccc4)cc3)C=CC1O2. The van der Waals surface area contributed by atoms with Crippen LogP contribution in [0.2, 0.25) is 0 Å². The highest BCUT2D eigenvalue weighted by Gasteiger charge is 2.54. The molecule has 2 atom stereocenters. The summed E-state index contributed by atoms with van der Waals surface area (Å²) in [5, 5.41) is 0. The topological polar surface area (TPSA) is 71.1 Å². The molecule has 2 bridgehead atoms. The van der Waals surface area contributed by atoms with E-state index < -0.39 is 23.6 Å². The third-order valence-corrected chi connectivity index (χ3v) is 5.29. The number of benzene rings is 2. The van der Waals surface area contributed by atoms with Crippen molar-refractivity contribution in [3.63, 3.8) is 0 Å². The maximum Gasteiger partial charge on any atom is 0.337 e. The van der Waals surface area contributed by atoms with Crippen LogP contribution in [-0.2, 0) is 36.8 Å². The van der Waals surface area contributed by atoms with Gasteiger partial charge in [0.05, 0.1) is 25.4 Å². The number of hydrogen-bond acceptors (Lipinski definition) is 6. The van der Waals surface area contributed by atoms with E-state index in [1.54, 1.807) is 6.08 Å². The fraction of sp³-hybridized carbons (Fsp3) is 0.250. The first-order valence-corrected chi connectivity index (χ1v) is 9.60. The van der Waals surface area contributed by atoms with Crippen LogP contribution < -0.4 is 4.74 Å². The summed E-state index contributed by atoms with van der Waals surface area (Å²) < 4.78 is 21.7. The van der Waals surface area contributed by atoms with Gasteiger partial charge in [0.25, 0.3) is 0 Å². The van der Waals surface area contributed by atoms with Crippen LogP contribution >= 0.6 is 0 Å². The molecule has 0 radical (unpaired) electrons. The van der Waals surface area contributed by atoms with E-state index in [1.807, 2.05) is 60.7 Å². The molecule has 2 unspecified atom stereocenters. The molecule has 2 aromatic rings. The number of esters is 2. The average molecular weight is 406 g/mol. The second-order valence-corrected chi connectivity index (χ2v) is 7.15. The Morgan fingerprint density at radius 2 is 1.63 bits per heavy atom. The lowest BCUT2D eigenvalue weighted by molar-refractivity contribution is -0.139. The minimum Gasteiger partial charge on any atom is -0.489 e.